The molecular weight excluding hydrogens is 334 g/mol. The number of nitrogens with zero attached hydrogens (tertiary/aromatic N) is 1. The number of aromatic nitrogens is 1. The van der Waals surface area contributed by atoms with E-state index in [9.17, 15) is 9.90 Å². The Morgan fingerprint density at radius 3 is 2.48 bits per heavy atom. The van der Waals surface area contributed by atoms with Gasteiger partial charge in [0.1, 0.15) is 16.5 Å². The highest BCUT2D eigenvalue weighted by Gasteiger charge is 2.15. The molecule has 0 bridgehead atoms. The van der Waals surface area contributed by atoms with Gasteiger partial charge in [0.2, 0.25) is 0 Å². The number of aromatic carboxylic acids is 1. The molecule has 0 spiro atoms. The first kappa shape index (κ1) is 15.4. The van der Waals surface area contributed by atoms with Crippen LogP contribution in [0.2, 0.25) is 0 Å². The quantitative estimate of drug-likeness (QED) is 0.533. The molecule has 0 saturated carbocycles. The Hall–Kier alpha value is -3.18. The van der Waals surface area contributed by atoms with Crippen molar-refractivity contribution in [2.75, 3.05) is 0 Å². The van der Waals surface area contributed by atoms with Crippen LogP contribution in [-0.2, 0) is 0 Å². The van der Waals surface area contributed by atoms with E-state index in [0.717, 1.165) is 16.0 Å². The van der Waals surface area contributed by atoms with Crippen molar-refractivity contribution >= 4 is 27.5 Å². The Morgan fingerprint density at radius 1 is 0.920 bits per heavy atom. The summed E-state index contributed by atoms with van der Waals surface area (Å²) in [5.41, 5.74) is 1.66. The van der Waals surface area contributed by atoms with Gasteiger partial charge < -0.3 is 9.84 Å². The topological polar surface area (TPSA) is 59.4 Å². The molecule has 1 aromatic heterocycles. The van der Waals surface area contributed by atoms with Crippen LogP contribution in [0.1, 0.15) is 10.4 Å². The number of rotatable bonds is 4. The largest absolute Gasteiger partial charge is 0.478 e. The van der Waals surface area contributed by atoms with Gasteiger partial charge >= 0.3 is 5.97 Å². The summed E-state index contributed by atoms with van der Waals surface area (Å²) in [7, 11) is 0. The number of hydrogen-bond donors (Lipinski definition) is 1. The maximum absolute atomic E-state index is 11.4. The second kappa shape index (κ2) is 6.37. The van der Waals surface area contributed by atoms with Gasteiger partial charge in [-0.1, -0.05) is 36.4 Å². The molecule has 3 aromatic carbocycles. The predicted molar refractivity (Wildman–Crippen MR) is 98.5 cm³/mol. The SMILES string of the molecule is O=C(O)c1ccccc1-c1nc2cc(Oc3ccccc3)ccc2s1. The van der Waals surface area contributed by atoms with E-state index in [4.69, 9.17) is 4.74 Å². The van der Waals surface area contributed by atoms with Gasteiger partial charge in [-0.3, -0.25) is 0 Å². The molecule has 0 aliphatic carbocycles. The number of carbonyl (C=O) groups is 1. The van der Waals surface area contributed by atoms with Gasteiger partial charge in [-0.15, -0.1) is 11.3 Å². The van der Waals surface area contributed by atoms with E-state index in [1.165, 1.54) is 11.3 Å². The van der Waals surface area contributed by atoms with Gasteiger partial charge in [0.05, 0.1) is 15.8 Å². The van der Waals surface area contributed by atoms with Gasteiger partial charge in [-0.25, -0.2) is 9.78 Å². The average molecular weight is 347 g/mol. The molecule has 0 atom stereocenters. The molecule has 25 heavy (non-hydrogen) atoms. The number of fused-ring (bicyclic) bond motifs is 1. The highest BCUT2D eigenvalue weighted by molar-refractivity contribution is 7.21. The van der Waals surface area contributed by atoms with Crippen LogP contribution >= 0.6 is 11.3 Å². The first-order valence-electron chi connectivity index (χ1n) is 7.67. The van der Waals surface area contributed by atoms with E-state index in [0.29, 0.717) is 16.3 Å². The molecule has 4 rings (SSSR count). The first-order chi connectivity index (χ1) is 12.2. The van der Waals surface area contributed by atoms with Crippen molar-refractivity contribution in [3.63, 3.8) is 0 Å². The van der Waals surface area contributed by atoms with Gasteiger partial charge in [-0.05, 0) is 30.3 Å². The first-order valence-corrected chi connectivity index (χ1v) is 8.48. The second-order valence-electron chi connectivity index (χ2n) is 5.41. The molecule has 122 valence electrons. The van der Waals surface area contributed by atoms with Crippen molar-refractivity contribution in [3.05, 3.63) is 78.4 Å². The molecule has 0 aliphatic rings. The normalized spacial score (nSPS) is 10.7. The molecular formula is C20H13NO3S. The van der Waals surface area contributed by atoms with E-state index in [-0.39, 0.29) is 5.56 Å². The highest BCUT2D eigenvalue weighted by atomic mass is 32.1. The standard InChI is InChI=1S/C20H13NO3S/c22-20(23)16-9-5-4-8-15(16)19-21-17-12-14(10-11-18(17)25-19)24-13-6-2-1-3-7-13/h1-12H,(H,22,23). The summed E-state index contributed by atoms with van der Waals surface area (Å²) in [6.07, 6.45) is 0. The van der Waals surface area contributed by atoms with Crippen molar-refractivity contribution in [2.24, 2.45) is 0 Å². The molecule has 1 N–H and O–H groups in total. The molecule has 0 unspecified atom stereocenters. The Bertz CT molecular complexity index is 1060. The average Bonchev–Trinajstić information content (AvgIpc) is 3.06. The number of para-hydroxylation sites is 1. The number of benzene rings is 3. The van der Waals surface area contributed by atoms with Crippen LogP contribution in [0, 0.1) is 0 Å². The third-order valence-electron chi connectivity index (χ3n) is 3.73. The molecule has 0 saturated heterocycles. The molecule has 1 heterocycles. The van der Waals surface area contributed by atoms with Crippen LogP contribution < -0.4 is 4.74 Å². The fraction of sp³-hybridized carbons (Fsp3) is 0. The Balaban J connectivity index is 1.73. The minimum Gasteiger partial charge on any atom is -0.478 e. The van der Waals surface area contributed by atoms with E-state index < -0.39 is 5.97 Å². The predicted octanol–water partition coefficient (Wildman–Crippen LogP) is 5.45. The van der Waals surface area contributed by atoms with Crippen LogP contribution in [-0.4, -0.2) is 16.1 Å². The molecule has 5 heteroatoms. The van der Waals surface area contributed by atoms with E-state index >= 15 is 0 Å². The molecule has 0 fully saturated rings. The monoisotopic (exact) mass is 347 g/mol. The molecule has 0 radical (unpaired) electrons. The van der Waals surface area contributed by atoms with E-state index in [2.05, 4.69) is 4.98 Å². The molecule has 0 amide bonds. The number of thiazole rings is 1. The van der Waals surface area contributed by atoms with Gasteiger partial charge in [0.15, 0.2) is 0 Å². The molecule has 0 aliphatic heterocycles. The van der Waals surface area contributed by atoms with Crippen LogP contribution in [0.4, 0.5) is 0 Å². The van der Waals surface area contributed by atoms with Crippen LogP contribution in [0.3, 0.4) is 0 Å². The smallest absolute Gasteiger partial charge is 0.336 e. The van der Waals surface area contributed by atoms with Gasteiger partial charge in [-0.2, -0.15) is 0 Å². The van der Waals surface area contributed by atoms with Gasteiger partial charge in [0, 0.05) is 11.6 Å². The van der Waals surface area contributed by atoms with Crippen molar-refractivity contribution < 1.29 is 14.6 Å². The number of carboxylic acids is 1. The summed E-state index contributed by atoms with van der Waals surface area (Å²) in [6, 6.07) is 22.1. The van der Waals surface area contributed by atoms with E-state index in [1.807, 2.05) is 54.6 Å². The number of carboxylic acid groups (broad SMARTS) is 1. The van der Waals surface area contributed by atoms with Crippen LogP contribution in [0.5, 0.6) is 11.5 Å². The lowest BCUT2D eigenvalue weighted by Gasteiger charge is -2.04. The molecule has 4 aromatic rings. The van der Waals surface area contributed by atoms with Crippen molar-refractivity contribution in [1.29, 1.82) is 0 Å². The summed E-state index contributed by atoms with van der Waals surface area (Å²) in [6.45, 7) is 0. The fourth-order valence-corrected chi connectivity index (χ4v) is 3.55. The zero-order chi connectivity index (χ0) is 17.2. The Kier molecular flexibility index (Phi) is 3.91. The third kappa shape index (κ3) is 3.09. The summed E-state index contributed by atoms with van der Waals surface area (Å²) in [5, 5.41) is 10.1. The minimum absolute atomic E-state index is 0.252. The van der Waals surface area contributed by atoms with Gasteiger partial charge in [0.25, 0.3) is 0 Å². The summed E-state index contributed by atoms with van der Waals surface area (Å²) in [4.78, 5) is 16.0. The molecule has 4 nitrogen and oxygen atoms in total. The summed E-state index contributed by atoms with van der Waals surface area (Å²) >= 11 is 1.47. The zero-order valence-electron chi connectivity index (χ0n) is 13.0. The number of ether oxygens (including phenoxy) is 1. The Morgan fingerprint density at radius 2 is 1.68 bits per heavy atom. The fourth-order valence-electron chi connectivity index (χ4n) is 2.57. The third-order valence-corrected chi connectivity index (χ3v) is 4.80. The minimum atomic E-state index is -0.956. The lowest BCUT2D eigenvalue weighted by atomic mass is 10.1. The van der Waals surface area contributed by atoms with Crippen LogP contribution in [0.15, 0.2) is 72.8 Å². The summed E-state index contributed by atoms with van der Waals surface area (Å²) in [5.74, 6) is 0.499. The lowest BCUT2D eigenvalue weighted by Crippen LogP contribution is -1.98. The Labute approximate surface area is 148 Å². The summed E-state index contributed by atoms with van der Waals surface area (Å²) < 4.78 is 6.82. The van der Waals surface area contributed by atoms with E-state index in [1.54, 1.807) is 18.2 Å². The maximum Gasteiger partial charge on any atom is 0.336 e. The second-order valence-corrected chi connectivity index (χ2v) is 6.45. The maximum atomic E-state index is 11.4. The van der Waals surface area contributed by atoms with Crippen molar-refractivity contribution in [2.45, 2.75) is 0 Å². The van der Waals surface area contributed by atoms with Crippen LogP contribution in [0.25, 0.3) is 20.8 Å². The van der Waals surface area contributed by atoms with Crippen molar-refractivity contribution in [3.8, 4) is 22.1 Å². The number of hydrogen-bond acceptors (Lipinski definition) is 4. The lowest BCUT2D eigenvalue weighted by molar-refractivity contribution is 0.0697. The highest BCUT2D eigenvalue weighted by Crippen LogP contribution is 2.34. The zero-order valence-corrected chi connectivity index (χ0v) is 13.9. The van der Waals surface area contributed by atoms with Crippen molar-refractivity contribution in [1.82, 2.24) is 4.98 Å².